The van der Waals surface area contributed by atoms with Gasteiger partial charge in [0.25, 0.3) is 11.8 Å². The van der Waals surface area contributed by atoms with Gasteiger partial charge in [-0.05, 0) is 30.2 Å². The normalized spacial score (nSPS) is 16.3. The number of para-hydroxylation sites is 1. The number of carbonyl (C=O) groups excluding carboxylic acids is 1. The van der Waals surface area contributed by atoms with Crippen LogP contribution >= 0.6 is 11.8 Å². The van der Waals surface area contributed by atoms with Crippen LogP contribution in [0, 0.1) is 5.82 Å². The summed E-state index contributed by atoms with van der Waals surface area (Å²) in [6.07, 6.45) is 4.12. The first-order valence-electron chi connectivity index (χ1n) is 10.5. The van der Waals surface area contributed by atoms with Crippen LogP contribution in [0.15, 0.2) is 63.0 Å². The molecule has 164 valence electrons. The molecule has 1 fully saturated rings. The molecule has 0 atom stereocenters. The minimum Gasteiger partial charge on any atom is -0.346 e. The average molecular weight is 460 g/mol. The quantitative estimate of drug-likeness (QED) is 0.461. The van der Waals surface area contributed by atoms with Crippen LogP contribution < -0.4 is 5.43 Å². The van der Waals surface area contributed by atoms with E-state index in [1.807, 2.05) is 16.7 Å². The molecule has 2 aliphatic heterocycles. The van der Waals surface area contributed by atoms with Crippen molar-refractivity contribution in [3.8, 4) is 11.4 Å². The molecule has 7 nitrogen and oxygen atoms in total. The molecule has 0 spiro atoms. The molecule has 0 radical (unpaired) electrons. The second kappa shape index (κ2) is 7.70. The molecule has 1 amide bonds. The molecule has 2 aromatic heterocycles. The summed E-state index contributed by atoms with van der Waals surface area (Å²) in [7, 11) is 0. The smallest absolute Gasteiger partial charge is 0.264 e. The maximum Gasteiger partial charge on any atom is 0.264 e. The maximum atomic E-state index is 14.0. The number of benzene rings is 2. The molecule has 0 saturated carbocycles. The SMILES string of the molecule is O=C(c1cn2c3c(cccc3c1=O)CC2)N1CCS/C1=C/c1nc(-c2ccccc2F)no1. The van der Waals surface area contributed by atoms with Gasteiger partial charge in [0, 0.05) is 36.5 Å². The maximum absolute atomic E-state index is 14.0. The van der Waals surface area contributed by atoms with Gasteiger partial charge in [-0.1, -0.05) is 29.4 Å². The molecule has 33 heavy (non-hydrogen) atoms. The Balaban J connectivity index is 1.35. The van der Waals surface area contributed by atoms with Gasteiger partial charge in [-0.3, -0.25) is 9.59 Å². The zero-order chi connectivity index (χ0) is 22.5. The highest BCUT2D eigenvalue weighted by molar-refractivity contribution is 8.03. The zero-order valence-corrected chi connectivity index (χ0v) is 18.1. The molecule has 0 aliphatic carbocycles. The summed E-state index contributed by atoms with van der Waals surface area (Å²) < 4.78 is 21.3. The van der Waals surface area contributed by atoms with Gasteiger partial charge in [0.1, 0.15) is 11.4 Å². The zero-order valence-electron chi connectivity index (χ0n) is 17.3. The lowest BCUT2D eigenvalue weighted by molar-refractivity contribution is 0.0829. The third kappa shape index (κ3) is 3.27. The highest BCUT2D eigenvalue weighted by atomic mass is 32.2. The van der Waals surface area contributed by atoms with Crippen molar-refractivity contribution in [2.75, 3.05) is 12.3 Å². The van der Waals surface area contributed by atoms with Crippen LogP contribution in [0.3, 0.4) is 0 Å². The van der Waals surface area contributed by atoms with Crippen LogP contribution in [-0.2, 0) is 13.0 Å². The molecule has 0 unspecified atom stereocenters. The molecular weight excluding hydrogens is 443 g/mol. The summed E-state index contributed by atoms with van der Waals surface area (Å²) in [6.45, 7) is 1.20. The van der Waals surface area contributed by atoms with Gasteiger partial charge in [0.2, 0.25) is 11.3 Å². The molecule has 4 heterocycles. The third-order valence-electron chi connectivity index (χ3n) is 5.91. The van der Waals surface area contributed by atoms with Crippen LogP contribution in [0.1, 0.15) is 21.8 Å². The number of rotatable bonds is 3. The van der Waals surface area contributed by atoms with E-state index in [0.29, 0.717) is 22.7 Å². The lowest BCUT2D eigenvalue weighted by atomic mass is 10.1. The second-order valence-electron chi connectivity index (χ2n) is 7.85. The minimum atomic E-state index is -0.447. The van der Waals surface area contributed by atoms with E-state index >= 15 is 0 Å². The highest BCUT2D eigenvalue weighted by Crippen LogP contribution is 2.32. The van der Waals surface area contributed by atoms with E-state index in [0.717, 1.165) is 24.0 Å². The van der Waals surface area contributed by atoms with Crippen molar-refractivity contribution >= 4 is 34.6 Å². The van der Waals surface area contributed by atoms with Gasteiger partial charge in [-0.25, -0.2) is 4.39 Å². The van der Waals surface area contributed by atoms with E-state index < -0.39 is 5.82 Å². The Labute approximate surface area is 191 Å². The number of halogens is 1. The summed E-state index contributed by atoms with van der Waals surface area (Å²) in [6, 6.07) is 11.8. The van der Waals surface area contributed by atoms with E-state index in [-0.39, 0.29) is 34.2 Å². The number of hydrogen-bond donors (Lipinski definition) is 0. The fraction of sp³-hybridized carbons (Fsp3) is 0.167. The number of aryl methyl sites for hydroxylation is 2. The number of hydrogen-bond acceptors (Lipinski definition) is 6. The van der Waals surface area contributed by atoms with Crippen molar-refractivity contribution in [3.63, 3.8) is 0 Å². The van der Waals surface area contributed by atoms with Crippen LogP contribution in [-0.4, -0.2) is 37.8 Å². The highest BCUT2D eigenvalue weighted by Gasteiger charge is 2.29. The lowest BCUT2D eigenvalue weighted by Crippen LogP contribution is -2.31. The van der Waals surface area contributed by atoms with Gasteiger partial charge in [-0.15, -0.1) is 11.8 Å². The summed E-state index contributed by atoms with van der Waals surface area (Å²) in [5.74, 6) is 0.171. The summed E-state index contributed by atoms with van der Waals surface area (Å²) in [5, 5.41) is 5.04. The van der Waals surface area contributed by atoms with E-state index in [1.54, 1.807) is 41.4 Å². The number of aromatic nitrogens is 3. The average Bonchev–Trinajstić information content (AvgIpc) is 3.57. The molecule has 0 N–H and O–H groups in total. The first-order chi connectivity index (χ1) is 16.1. The van der Waals surface area contributed by atoms with E-state index in [1.165, 1.54) is 17.8 Å². The molecule has 1 saturated heterocycles. The predicted octanol–water partition coefficient (Wildman–Crippen LogP) is 3.93. The Hall–Kier alpha value is -3.72. The van der Waals surface area contributed by atoms with Gasteiger partial charge < -0.3 is 14.0 Å². The Morgan fingerprint density at radius 2 is 2.03 bits per heavy atom. The summed E-state index contributed by atoms with van der Waals surface area (Å²) in [4.78, 5) is 32.4. The predicted molar refractivity (Wildman–Crippen MR) is 123 cm³/mol. The van der Waals surface area contributed by atoms with Crippen LogP contribution in [0.2, 0.25) is 0 Å². The minimum absolute atomic E-state index is 0.132. The number of pyridine rings is 1. The first-order valence-corrected chi connectivity index (χ1v) is 11.5. The van der Waals surface area contributed by atoms with Gasteiger partial charge >= 0.3 is 0 Å². The Morgan fingerprint density at radius 1 is 1.15 bits per heavy atom. The molecule has 4 aromatic rings. The summed E-state index contributed by atoms with van der Waals surface area (Å²) in [5.41, 5.74) is 2.16. The summed E-state index contributed by atoms with van der Waals surface area (Å²) >= 11 is 1.46. The second-order valence-corrected chi connectivity index (χ2v) is 8.97. The van der Waals surface area contributed by atoms with Crippen molar-refractivity contribution < 1.29 is 13.7 Å². The molecule has 2 aliphatic rings. The Morgan fingerprint density at radius 3 is 2.91 bits per heavy atom. The number of amides is 1. The number of carbonyl (C=O) groups is 1. The van der Waals surface area contributed by atoms with Crippen molar-refractivity contribution in [2.45, 2.75) is 13.0 Å². The lowest BCUT2D eigenvalue weighted by Gasteiger charge is -2.17. The van der Waals surface area contributed by atoms with Crippen LogP contribution in [0.4, 0.5) is 4.39 Å². The molecular formula is C24H17FN4O3S. The van der Waals surface area contributed by atoms with Crippen molar-refractivity contribution in [3.05, 3.63) is 86.7 Å². The molecule has 2 aromatic carbocycles. The first kappa shape index (κ1) is 19.9. The van der Waals surface area contributed by atoms with Crippen LogP contribution in [0.5, 0.6) is 0 Å². The molecule has 0 bridgehead atoms. The van der Waals surface area contributed by atoms with E-state index in [9.17, 15) is 14.0 Å². The van der Waals surface area contributed by atoms with E-state index in [4.69, 9.17) is 4.52 Å². The topological polar surface area (TPSA) is 81.2 Å². The van der Waals surface area contributed by atoms with E-state index in [2.05, 4.69) is 10.1 Å². The van der Waals surface area contributed by atoms with Crippen molar-refractivity contribution in [2.24, 2.45) is 0 Å². The monoisotopic (exact) mass is 460 g/mol. The van der Waals surface area contributed by atoms with Crippen molar-refractivity contribution in [1.29, 1.82) is 0 Å². The number of nitrogens with zero attached hydrogens (tertiary/aromatic N) is 4. The largest absolute Gasteiger partial charge is 0.346 e. The third-order valence-corrected chi connectivity index (χ3v) is 6.93. The standard InChI is InChI=1S/C24H17FN4O3S/c25-18-7-2-1-5-15(18)23-26-19(32-27-23)12-20-29(10-11-33-20)24(31)17-13-28-9-8-14-4-3-6-16(21(14)28)22(17)30/h1-7,12-13H,8-11H2/b20-12+. The fourth-order valence-electron chi connectivity index (χ4n) is 4.36. The molecule has 6 rings (SSSR count). The number of thioether (sulfide) groups is 1. The van der Waals surface area contributed by atoms with Crippen LogP contribution in [0.25, 0.3) is 28.4 Å². The Bertz CT molecular complexity index is 1520. The van der Waals surface area contributed by atoms with Gasteiger partial charge in [0.15, 0.2) is 0 Å². The Kier molecular flexibility index (Phi) is 4.65. The van der Waals surface area contributed by atoms with Crippen molar-refractivity contribution in [1.82, 2.24) is 19.6 Å². The fourth-order valence-corrected chi connectivity index (χ4v) is 5.35. The van der Waals surface area contributed by atoms with Gasteiger partial charge in [0.05, 0.1) is 16.1 Å². The van der Waals surface area contributed by atoms with Gasteiger partial charge in [-0.2, -0.15) is 4.98 Å². The molecule has 9 heteroatoms.